The van der Waals surface area contributed by atoms with Gasteiger partial charge in [0.15, 0.2) is 0 Å². The fourth-order valence-corrected chi connectivity index (χ4v) is 3.77. The Morgan fingerprint density at radius 2 is 2.00 bits per heavy atom. The molecule has 4 heterocycles. The second-order valence-electron chi connectivity index (χ2n) is 6.80. The minimum atomic E-state index is 0.382. The number of hydrogen-bond acceptors (Lipinski definition) is 7. The molecule has 4 rings (SSSR count). The average Bonchev–Trinajstić information content (AvgIpc) is 3.02. The third kappa shape index (κ3) is 3.41. The normalized spacial score (nSPS) is 18.0. The SMILES string of the molecule is CCn1ncnc1CN1CCc2nc(N)nc(N3CC=CCC3)c2CC1. The molecule has 26 heavy (non-hydrogen) atoms. The van der Waals surface area contributed by atoms with E-state index in [4.69, 9.17) is 5.73 Å². The van der Waals surface area contributed by atoms with E-state index in [0.717, 1.165) is 75.9 Å². The molecule has 0 radical (unpaired) electrons. The van der Waals surface area contributed by atoms with Gasteiger partial charge in [-0.15, -0.1) is 0 Å². The fourth-order valence-electron chi connectivity index (χ4n) is 3.77. The smallest absolute Gasteiger partial charge is 0.222 e. The molecule has 2 aliphatic rings. The highest BCUT2D eigenvalue weighted by Crippen LogP contribution is 2.27. The topological polar surface area (TPSA) is 89.0 Å². The maximum absolute atomic E-state index is 6.02. The highest BCUT2D eigenvalue weighted by molar-refractivity contribution is 5.53. The zero-order chi connectivity index (χ0) is 17.9. The molecule has 2 N–H and O–H groups in total. The number of nitrogens with zero attached hydrogens (tertiary/aromatic N) is 7. The monoisotopic (exact) mass is 354 g/mol. The maximum atomic E-state index is 6.02. The molecular formula is C18H26N8. The van der Waals surface area contributed by atoms with Crippen LogP contribution in [-0.2, 0) is 25.9 Å². The lowest BCUT2D eigenvalue weighted by atomic mass is 10.1. The van der Waals surface area contributed by atoms with Crippen molar-refractivity contribution in [2.45, 2.75) is 39.3 Å². The van der Waals surface area contributed by atoms with Crippen LogP contribution in [0.2, 0.25) is 0 Å². The molecule has 0 aliphatic carbocycles. The number of nitrogen functional groups attached to an aromatic ring is 1. The van der Waals surface area contributed by atoms with E-state index in [1.54, 1.807) is 6.33 Å². The van der Waals surface area contributed by atoms with Gasteiger partial charge in [0.1, 0.15) is 18.0 Å². The Morgan fingerprint density at radius 1 is 1.12 bits per heavy atom. The zero-order valence-corrected chi connectivity index (χ0v) is 15.3. The van der Waals surface area contributed by atoms with Gasteiger partial charge < -0.3 is 10.6 Å². The van der Waals surface area contributed by atoms with E-state index < -0.39 is 0 Å². The van der Waals surface area contributed by atoms with Gasteiger partial charge in [-0.1, -0.05) is 12.2 Å². The summed E-state index contributed by atoms with van der Waals surface area (Å²) in [5.74, 6) is 2.42. The highest BCUT2D eigenvalue weighted by atomic mass is 15.3. The van der Waals surface area contributed by atoms with Gasteiger partial charge in [0.05, 0.1) is 12.2 Å². The van der Waals surface area contributed by atoms with Crippen LogP contribution in [0.4, 0.5) is 11.8 Å². The van der Waals surface area contributed by atoms with Crippen molar-refractivity contribution in [3.8, 4) is 0 Å². The van der Waals surface area contributed by atoms with Crippen molar-refractivity contribution in [3.05, 3.63) is 35.6 Å². The van der Waals surface area contributed by atoms with Crippen molar-refractivity contribution < 1.29 is 0 Å². The molecule has 8 heteroatoms. The third-order valence-corrected chi connectivity index (χ3v) is 5.15. The summed E-state index contributed by atoms with van der Waals surface area (Å²) in [4.78, 5) is 18.3. The van der Waals surface area contributed by atoms with Gasteiger partial charge in [-0.3, -0.25) is 4.90 Å². The Kier molecular flexibility index (Phi) is 4.83. The second kappa shape index (κ2) is 7.41. The first-order chi connectivity index (χ1) is 12.7. The molecule has 2 aliphatic heterocycles. The summed E-state index contributed by atoms with van der Waals surface area (Å²) in [6, 6.07) is 0. The third-order valence-electron chi connectivity index (χ3n) is 5.15. The predicted molar refractivity (Wildman–Crippen MR) is 101 cm³/mol. The molecule has 0 amide bonds. The molecule has 0 fully saturated rings. The van der Waals surface area contributed by atoms with Crippen LogP contribution >= 0.6 is 0 Å². The quantitative estimate of drug-likeness (QED) is 0.821. The predicted octanol–water partition coefficient (Wildman–Crippen LogP) is 1.04. The number of nitrogens with two attached hydrogens (primary N) is 1. The van der Waals surface area contributed by atoms with Gasteiger partial charge in [0.2, 0.25) is 5.95 Å². The molecule has 0 atom stereocenters. The Morgan fingerprint density at radius 3 is 2.81 bits per heavy atom. The largest absolute Gasteiger partial charge is 0.368 e. The summed E-state index contributed by atoms with van der Waals surface area (Å²) in [5, 5.41) is 4.28. The lowest BCUT2D eigenvalue weighted by Gasteiger charge is -2.27. The van der Waals surface area contributed by atoms with Crippen molar-refractivity contribution in [1.29, 1.82) is 0 Å². The summed E-state index contributed by atoms with van der Waals surface area (Å²) in [5.41, 5.74) is 8.38. The summed E-state index contributed by atoms with van der Waals surface area (Å²) in [6.45, 7) is 7.54. The first kappa shape index (κ1) is 17.0. The summed E-state index contributed by atoms with van der Waals surface area (Å²) >= 11 is 0. The molecular weight excluding hydrogens is 328 g/mol. The van der Waals surface area contributed by atoms with Crippen molar-refractivity contribution >= 4 is 11.8 Å². The van der Waals surface area contributed by atoms with Crippen molar-refractivity contribution in [1.82, 2.24) is 29.6 Å². The number of rotatable bonds is 4. The minimum Gasteiger partial charge on any atom is -0.368 e. The zero-order valence-electron chi connectivity index (χ0n) is 15.3. The van der Waals surface area contributed by atoms with Crippen molar-refractivity contribution in [2.24, 2.45) is 0 Å². The van der Waals surface area contributed by atoms with Crippen molar-refractivity contribution in [3.63, 3.8) is 0 Å². The molecule has 138 valence electrons. The lowest BCUT2D eigenvalue weighted by Crippen LogP contribution is -2.30. The van der Waals surface area contributed by atoms with E-state index in [1.165, 1.54) is 5.56 Å². The molecule has 0 aromatic carbocycles. The number of anilines is 2. The first-order valence-corrected chi connectivity index (χ1v) is 9.39. The van der Waals surface area contributed by atoms with Crippen LogP contribution in [0.25, 0.3) is 0 Å². The summed E-state index contributed by atoms with van der Waals surface area (Å²) in [7, 11) is 0. The molecule has 0 saturated carbocycles. The van der Waals surface area contributed by atoms with E-state index in [1.807, 2.05) is 4.68 Å². The fraction of sp³-hybridized carbons (Fsp3) is 0.556. The molecule has 8 nitrogen and oxygen atoms in total. The van der Waals surface area contributed by atoms with Crippen LogP contribution < -0.4 is 10.6 Å². The van der Waals surface area contributed by atoms with Gasteiger partial charge in [-0.25, -0.2) is 14.6 Å². The van der Waals surface area contributed by atoms with Crippen LogP contribution in [0.5, 0.6) is 0 Å². The van der Waals surface area contributed by atoms with Crippen LogP contribution in [-0.4, -0.2) is 55.8 Å². The van der Waals surface area contributed by atoms with E-state index >= 15 is 0 Å². The molecule has 2 aromatic heterocycles. The van der Waals surface area contributed by atoms with E-state index in [9.17, 15) is 0 Å². The molecule has 0 bridgehead atoms. The van der Waals surface area contributed by atoms with Crippen molar-refractivity contribution in [2.75, 3.05) is 36.8 Å². The Hall–Kier alpha value is -2.48. The van der Waals surface area contributed by atoms with Crippen LogP contribution in [0.3, 0.4) is 0 Å². The Labute approximate surface area is 153 Å². The average molecular weight is 354 g/mol. The van der Waals surface area contributed by atoms with Gasteiger partial charge in [0, 0.05) is 44.7 Å². The van der Waals surface area contributed by atoms with Gasteiger partial charge >= 0.3 is 0 Å². The van der Waals surface area contributed by atoms with E-state index in [-0.39, 0.29) is 0 Å². The van der Waals surface area contributed by atoms with Crippen LogP contribution in [0.15, 0.2) is 18.5 Å². The Balaban J connectivity index is 1.54. The second-order valence-corrected chi connectivity index (χ2v) is 6.80. The molecule has 2 aromatic rings. The maximum Gasteiger partial charge on any atom is 0.222 e. The van der Waals surface area contributed by atoms with E-state index in [2.05, 4.69) is 48.9 Å². The minimum absolute atomic E-state index is 0.382. The number of hydrogen-bond donors (Lipinski definition) is 1. The number of aromatic nitrogens is 5. The molecule has 0 spiro atoms. The van der Waals surface area contributed by atoms with Crippen LogP contribution in [0.1, 0.15) is 30.4 Å². The molecule has 0 saturated heterocycles. The lowest BCUT2D eigenvalue weighted by molar-refractivity contribution is 0.266. The highest BCUT2D eigenvalue weighted by Gasteiger charge is 2.23. The first-order valence-electron chi connectivity index (χ1n) is 9.39. The summed E-state index contributed by atoms with van der Waals surface area (Å²) in [6.07, 6.45) is 8.95. The van der Waals surface area contributed by atoms with Gasteiger partial charge in [-0.05, 0) is 19.8 Å². The van der Waals surface area contributed by atoms with Crippen LogP contribution in [0, 0.1) is 0 Å². The molecule has 0 unspecified atom stereocenters. The van der Waals surface area contributed by atoms with E-state index in [0.29, 0.717) is 5.95 Å². The van der Waals surface area contributed by atoms with Gasteiger partial charge in [0.25, 0.3) is 0 Å². The summed E-state index contributed by atoms with van der Waals surface area (Å²) < 4.78 is 1.96. The Bertz CT molecular complexity index is 796. The number of fused-ring (bicyclic) bond motifs is 1. The standard InChI is InChI=1S/C18H26N8/c1-2-26-16(20-13-21-26)12-24-10-6-14-15(7-11-24)22-18(19)23-17(14)25-8-4-3-5-9-25/h3-4,13H,2,5-12H2,1H3,(H2,19,22,23). The van der Waals surface area contributed by atoms with Gasteiger partial charge in [-0.2, -0.15) is 10.1 Å². The number of aryl methyl sites for hydroxylation is 1.